The highest BCUT2D eigenvalue weighted by Crippen LogP contribution is 2.28. The van der Waals surface area contributed by atoms with Crippen molar-refractivity contribution in [2.75, 3.05) is 6.61 Å². The second kappa shape index (κ2) is 7.75. The molecule has 0 aliphatic carbocycles. The molecule has 0 aliphatic heterocycles. The van der Waals surface area contributed by atoms with Gasteiger partial charge in [0, 0.05) is 0 Å². The molecule has 0 spiro atoms. The van der Waals surface area contributed by atoms with E-state index in [-0.39, 0.29) is 5.56 Å². The third-order valence-electron chi connectivity index (χ3n) is 3.56. The molecule has 0 saturated carbocycles. The summed E-state index contributed by atoms with van der Waals surface area (Å²) in [6.07, 6.45) is 1.59. The van der Waals surface area contributed by atoms with Crippen molar-refractivity contribution in [2.24, 2.45) is 5.10 Å². The van der Waals surface area contributed by atoms with Crippen molar-refractivity contribution in [1.29, 1.82) is 0 Å². The lowest BCUT2D eigenvalue weighted by Gasteiger charge is -2.08. The van der Waals surface area contributed by atoms with Crippen LogP contribution in [0.15, 0.2) is 53.6 Å². The Morgan fingerprint density at radius 1 is 1.31 bits per heavy atom. The number of benzene rings is 2. The molecular formula is C18H16N4O3S. The largest absolute Gasteiger partial charge is 0.493 e. The second-order valence-electron chi connectivity index (χ2n) is 5.27. The van der Waals surface area contributed by atoms with Crippen molar-refractivity contribution in [3.63, 3.8) is 0 Å². The predicted molar refractivity (Wildman–Crippen MR) is 100 cm³/mol. The molecule has 0 fully saturated rings. The highest BCUT2D eigenvalue weighted by Gasteiger charge is 2.13. The molecule has 1 aromatic heterocycles. The van der Waals surface area contributed by atoms with E-state index in [2.05, 4.69) is 15.3 Å². The second-order valence-corrected chi connectivity index (χ2v) is 5.65. The first-order valence-corrected chi connectivity index (χ1v) is 8.28. The summed E-state index contributed by atoms with van der Waals surface area (Å²) >= 11 is 5.26. The summed E-state index contributed by atoms with van der Waals surface area (Å²) in [5.41, 5.74) is 1.72. The van der Waals surface area contributed by atoms with Gasteiger partial charge in [-0.05, 0) is 49.0 Å². The average Bonchev–Trinajstić information content (AvgIpc) is 3.01. The van der Waals surface area contributed by atoms with E-state index in [1.807, 2.05) is 31.2 Å². The number of aromatic carboxylic acids is 1. The zero-order chi connectivity index (χ0) is 18.5. The van der Waals surface area contributed by atoms with E-state index in [0.717, 1.165) is 11.1 Å². The molecule has 7 nitrogen and oxygen atoms in total. The maximum Gasteiger partial charge on any atom is 0.335 e. The van der Waals surface area contributed by atoms with Gasteiger partial charge in [-0.15, -0.1) is 0 Å². The monoisotopic (exact) mass is 368 g/mol. The average molecular weight is 368 g/mol. The third kappa shape index (κ3) is 3.70. The van der Waals surface area contributed by atoms with Gasteiger partial charge in [0.25, 0.3) is 0 Å². The molecule has 132 valence electrons. The molecule has 0 amide bonds. The Bertz CT molecular complexity index is 1010. The van der Waals surface area contributed by atoms with Gasteiger partial charge < -0.3 is 9.84 Å². The van der Waals surface area contributed by atoms with Crippen LogP contribution in [0.4, 0.5) is 0 Å². The Morgan fingerprint density at radius 2 is 2.04 bits per heavy atom. The summed E-state index contributed by atoms with van der Waals surface area (Å²) in [5, 5.41) is 20.3. The van der Waals surface area contributed by atoms with Crippen LogP contribution in [0.2, 0.25) is 0 Å². The van der Waals surface area contributed by atoms with Crippen molar-refractivity contribution in [3.8, 4) is 17.1 Å². The molecule has 2 N–H and O–H groups in total. The van der Waals surface area contributed by atoms with Crippen LogP contribution in [0.25, 0.3) is 11.4 Å². The number of para-hydroxylation sites is 1. The van der Waals surface area contributed by atoms with Gasteiger partial charge in [-0.2, -0.15) is 14.9 Å². The van der Waals surface area contributed by atoms with E-state index < -0.39 is 5.97 Å². The number of carboxylic acid groups (broad SMARTS) is 1. The van der Waals surface area contributed by atoms with E-state index in [1.54, 1.807) is 18.3 Å². The smallest absolute Gasteiger partial charge is 0.335 e. The minimum atomic E-state index is -0.972. The number of nitrogens with one attached hydrogen (secondary N) is 1. The molecule has 0 radical (unpaired) electrons. The summed E-state index contributed by atoms with van der Waals surface area (Å²) in [4.78, 5) is 10.9. The summed E-state index contributed by atoms with van der Waals surface area (Å²) in [6, 6.07) is 13.9. The Balaban J connectivity index is 1.96. The van der Waals surface area contributed by atoms with Gasteiger partial charge in [0.2, 0.25) is 4.77 Å². The van der Waals surface area contributed by atoms with Crippen LogP contribution in [0, 0.1) is 4.77 Å². The molecule has 26 heavy (non-hydrogen) atoms. The maximum atomic E-state index is 10.9. The Labute approximate surface area is 154 Å². The number of aromatic amines is 1. The SMILES string of the molecule is CCOc1ccccc1-c1n[nH]c(=S)n1/N=C\c1ccc(C(=O)O)cc1. The molecule has 8 heteroatoms. The Hall–Kier alpha value is -3.26. The van der Waals surface area contributed by atoms with Crippen molar-refractivity contribution in [3.05, 3.63) is 64.4 Å². The number of H-pyrrole nitrogens is 1. The van der Waals surface area contributed by atoms with Gasteiger partial charge in [0.05, 0.1) is 23.9 Å². The van der Waals surface area contributed by atoms with E-state index in [0.29, 0.717) is 23.0 Å². The van der Waals surface area contributed by atoms with Gasteiger partial charge in [0.15, 0.2) is 5.82 Å². The highest BCUT2D eigenvalue weighted by atomic mass is 32.1. The first kappa shape index (κ1) is 17.6. The van der Waals surface area contributed by atoms with Crippen LogP contribution in [-0.2, 0) is 0 Å². The number of ether oxygens (including phenoxy) is 1. The molecular weight excluding hydrogens is 352 g/mol. The normalized spacial score (nSPS) is 11.0. The van der Waals surface area contributed by atoms with Crippen molar-refractivity contribution < 1.29 is 14.6 Å². The van der Waals surface area contributed by atoms with Gasteiger partial charge >= 0.3 is 5.97 Å². The highest BCUT2D eigenvalue weighted by molar-refractivity contribution is 7.71. The lowest BCUT2D eigenvalue weighted by Crippen LogP contribution is -1.99. The number of aromatic nitrogens is 3. The molecule has 2 aromatic carbocycles. The fourth-order valence-corrected chi connectivity index (χ4v) is 2.52. The number of hydrogen-bond acceptors (Lipinski definition) is 5. The lowest BCUT2D eigenvalue weighted by molar-refractivity contribution is 0.0697. The van der Waals surface area contributed by atoms with Crippen molar-refractivity contribution in [1.82, 2.24) is 14.9 Å². The fraction of sp³-hybridized carbons (Fsp3) is 0.111. The summed E-state index contributed by atoms with van der Waals surface area (Å²) < 4.78 is 7.48. The molecule has 0 aliphatic rings. The zero-order valence-corrected chi connectivity index (χ0v) is 14.7. The van der Waals surface area contributed by atoms with E-state index in [4.69, 9.17) is 22.1 Å². The standard InChI is InChI=1S/C18H16N4O3S/c1-2-25-15-6-4-3-5-14(15)16-20-21-18(26)22(16)19-11-12-7-9-13(10-8-12)17(23)24/h3-11H,2H2,1H3,(H,21,26)(H,23,24)/b19-11-. The van der Waals surface area contributed by atoms with E-state index in [9.17, 15) is 4.79 Å². The molecule has 3 aromatic rings. The van der Waals surface area contributed by atoms with Crippen LogP contribution in [0.3, 0.4) is 0 Å². The number of hydrogen-bond donors (Lipinski definition) is 2. The van der Waals surface area contributed by atoms with Crippen LogP contribution < -0.4 is 4.74 Å². The molecule has 0 saturated heterocycles. The number of carboxylic acids is 1. The molecule has 0 bridgehead atoms. The van der Waals surface area contributed by atoms with Gasteiger partial charge in [-0.25, -0.2) is 9.89 Å². The maximum absolute atomic E-state index is 10.9. The van der Waals surface area contributed by atoms with Crippen LogP contribution in [0.1, 0.15) is 22.8 Å². The lowest BCUT2D eigenvalue weighted by atomic mass is 10.1. The van der Waals surface area contributed by atoms with Crippen LogP contribution in [-0.4, -0.2) is 38.8 Å². The minimum absolute atomic E-state index is 0.216. The first-order chi connectivity index (χ1) is 12.6. The third-order valence-corrected chi connectivity index (χ3v) is 3.82. The van der Waals surface area contributed by atoms with E-state index in [1.165, 1.54) is 16.8 Å². The molecule has 0 unspecified atom stereocenters. The topological polar surface area (TPSA) is 92.5 Å². The fourth-order valence-electron chi connectivity index (χ4n) is 2.34. The van der Waals surface area contributed by atoms with Crippen molar-refractivity contribution >= 4 is 24.4 Å². The molecule has 3 rings (SSSR count). The minimum Gasteiger partial charge on any atom is -0.493 e. The van der Waals surface area contributed by atoms with Gasteiger partial charge in [0.1, 0.15) is 5.75 Å². The van der Waals surface area contributed by atoms with Gasteiger partial charge in [-0.1, -0.05) is 24.3 Å². The predicted octanol–water partition coefficient (Wildman–Crippen LogP) is 3.59. The number of nitrogens with zero attached hydrogens (tertiary/aromatic N) is 3. The summed E-state index contributed by atoms with van der Waals surface area (Å²) in [5.74, 6) is 0.240. The van der Waals surface area contributed by atoms with Gasteiger partial charge in [-0.3, -0.25) is 0 Å². The number of carbonyl (C=O) groups is 1. The first-order valence-electron chi connectivity index (χ1n) is 7.87. The molecule has 1 heterocycles. The quantitative estimate of drug-likeness (QED) is 0.512. The van der Waals surface area contributed by atoms with Crippen LogP contribution in [0.5, 0.6) is 5.75 Å². The Kier molecular flexibility index (Phi) is 5.23. The summed E-state index contributed by atoms with van der Waals surface area (Å²) in [6.45, 7) is 2.44. The Morgan fingerprint density at radius 3 is 2.73 bits per heavy atom. The molecule has 0 atom stereocenters. The zero-order valence-electron chi connectivity index (χ0n) is 13.9. The number of rotatable bonds is 6. The summed E-state index contributed by atoms with van der Waals surface area (Å²) in [7, 11) is 0. The van der Waals surface area contributed by atoms with Crippen molar-refractivity contribution in [2.45, 2.75) is 6.92 Å². The van der Waals surface area contributed by atoms with Crippen LogP contribution >= 0.6 is 12.2 Å². The van der Waals surface area contributed by atoms with E-state index >= 15 is 0 Å².